The van der Waals surface area contributed by atoms with Gasteiger partial charge in [0, 0.05) is 17.1 Å². The van der Waals surface area contributed by atoms with Gasteiger partial charge < -0.3 is 25.0 Å². The van der Waals surface area contributed by atoms with E-state index >= 15 is 0 Å². The SMILES string of the molecule is C=CC(=O)Nc1cc2c(Nc3ccc(OCc4ccccc4)cc3)ncnc2cc1OCCCCN(C)C. The minimum atomic E-state index is -0.320. The third-order valence-electron chi connectivity index (χ3n) is 5.80. The molecule has 3 aromatic carbocycles. The Balaban J connectivity index is 1.50. The van der Waals surface area contributed by atoms with Crippen LogP contribution in [-0.2, 0) is 11.4 Å². The predicted molar refractivity (Wildman–Crippen MR) is 152 cm³/mol. The Morgan fingerprint density at radius 2 is 1.79 bits per heavy atom. The molecule has 0 aliphatic heterocycles. The zero-order chi connectivity index (χ0) is 26.7. The first-order valence-electron chi connectivity index (χ1n) is 12.6. The van der Waals surface area contributed by atoms with E-state index < -0.39 is 0 Å². The van der Waals surface area contributed by atoms with Crippen LogP contribution < -0.4 is 20.1 Å². The van der Waals surface area contributed by atoms with Crippen LogP contribution in [0.4, 0.5) is 17.2 Å². The summed E-state index contributed by atoms with van der Waals surface area (Å²) in [4.78, 5) is 23.1. The average Bonchev–Trinajstić information content (AvgIpc) is 2.93. The number of amides is 1. The standard InChI is InChI=1S/C30H33N5O3/c1-4-29(36)34-27-18-25-26(19-28(27)37-17-9-8-16-35(2)3)31-21-32-30(25)33-23-12-14-24(15-13-23)38-20-22-10-6-5-7-11-22/h4-7,10-15,18-19,21H,1,8-9,16-17,20H2,2-3H3,(H,34,36)(H,31,32,33). The van der Waals surface area contributed by atoms with E-state index in [1.165, 1.54) is 12.4 Å². The van der Waals surface area contributed by atoms with E-state index in [4.69, 9.17) is 9.47 Å². The van der Waals surface area contributed by atoms with Crippen molar-refractivity contribution in [2.75, 3.05) is 37.9 Å². The van der Waals surface area contributed by atoms with Crippen molar-refractivity contribution in [2.24, 2.45) is 0 Å². The molecule has 1 aromatic heterocycles. The summed E-state index contributed by atoms with van der Waals surface area (Å²) in [6.07, 6.45) is 4.64. The van der Waals surface area contributed by atoms with Crippen molar-refractivity contribution < 1.29 is 14.3 Å². The van der Waals surface area contributed by atoms with Gasteiger partial charge in [-0.05, 0) is 75.5 Å². The van der Waals surface area contributed by atoms with Crippen molar-refractivity contribution >= 4 is 34.0 Å². The molecule has 8 heteroatoms. The van der Waals surface area contributed by atoms with Crippen molar-refractivity contribution in [1.82, 2.24) is 14.9 Å². The smallest absolute Gasteiger partial charge is 0.247 e. The van der Waals surface area contributed by atoms with E-state index in [1.807, 2.05) is 80.8 Å². The van der Waals surface area contributed by atoms with Crippen molar-refractivity contribution in [1.29, 1.82) is 0 Å². The van der Waals surface area contributed by atoms with Crippen LogP contribution in [-0.4, -0.2) is 48.0 Å². The number of rotatable bonds is 13. The van der Waals surface area contributed by atoms with E-state index in [-0.39, 0.29) is 5.91 Å². The number of hydrogen-bond acceptors (Lipinski definition) is 7. The summed E-state index contributed by atoms with van der Waals surface area (Å²) >= 11 is 0. The van der Waals surface area contributed by atoms with Gasteiger partial charge in [-0.3, -0.25) is 4.79 Å². The van der Waals surface area contributed by atoms with Gasteiger partial charge >= 0.3 is 0 Å². The van der Waals surface area contributed by atoms with Gasteiger partial charge in [-0.25, -0.2) is 9.97 Å². The number of aromatic nitrogens is 2. The molecule has 1 amide bonds. The summed E-state index contributed by atoms with van der Waals surface area (Å²) in [5.74, 6) is 1.62. The molecule has 38 heavy (non-hydrogen) atoms. The van der Waals surface area contributed by atoms with Crippen molar-refractivity contribution in [3.63, 3.8) is 0 Å². The van der Waals surface area contributed by atoms with Crippen LogP contribution in [0.2, 0.25) is 0 Å². The number of unbranched alkanes of at least 4 members (excludes halogenated alkanes) is 1. The lowest BCUT2D eigenvalue weighted by atomic mass is 10.1. The van der Waals surface area contributed by atoms with Gasteiger partial charge in [0.1, 0.15) is 30.3 Å². The summed E-state index contributed by atoms with van der Waals surface area (Å²) in [5, 5.41) is 6.94. The van der Waals surface area contributed by atoms with Crippen LogP contribution in [0.1, 0.15) is 18.4 Å². The second-order valence-corrected chi connectivity index (χ2v) is 9.06. The Hall–Kier alpha value is -4.43. The first-order chi connectivity index (χ1) is 18.5. The number of benzene rings is 3. The molecule has 0 atom stereocenters. The molecule has 0 saturated carbocycles. The fourth-order valence-corrected chi connectivity index (χ4v) is 3.81. The molecule has 0 aliphatic rings. The van der Waals surface area contributed by atoms with Gasteiger partial charge in [0.25, 0.3) is 0 Å². The summed E-state index contributed by atoms with van der Waals surface area (Å²) in [5.41, 5.74) is 3.19. The average molecular weight is 512 g/mol. The number of anilines is 3. The predicted octanol–water partition coefficient (Wildman–Crippen LogP) is 5.80. The van der Waals surface area contributed by atoms with E-state index in [2.05, 4.69) is 32.1 Å². The van der Waals surface area contributed by atoms with Gasteiger partial charge in [0.2, 0.25) is 5.91 Å². The topological polar surface area (TPSA) is 88.6 Å². The van der Waals surface area contributed by atoms with Crippen LogP contribution in [0.3, 0.4) is 0 Å². The van der Waals surface area contributed by atoms with Gasteiger partial charge in [-0.2, -0.15) is 0 Å². The number of hydrogen-bond donors (Lipinski definition) is 2. The summed E-state index contributed by atoms with van der Waals surface area (Å²) < 4.78 is 11.9. The van der Waals surface area contributed by atoms with Crippen LogP contribution in [0.5, 0.6) is 11.5 Å². The molecule has 4 rings (SSSR count). The van der Waals surface area contributed by atoms with Gasteiger partial charge in [0.15, 0.2) is 0 Å². The second-order valence-electron chi connectivity index (χ2n) is 9.06. The molecular weight excluding hydrogens is 478 g/mol. The second kappa shape index (κ2) is 13.2. The molecule has 2 N–H and O–H groups in total. The number of fused-ring (bicyclic) bond motifs is 1. The number of nitrogens with zero attached hydrogens (tertiary/aromatic N) is 3. The zero-order valence-electron chi connectivity index (χ0n) is 21.8. The largest absolute Gasteiger partial charge is 0.491 e. The molecule has 0 spiro atoms. The molecule has 0 unspecified atom stereocenters. The molecule has 0 radical (unpaired) electrons. The molecular formula is C30H33N5O3. The first-order valence-corrected chi connectivity index (χ1v) is 12.6. The fourth-order valence-electron chi connectivity index (χ4n) is 3.81. The quantitative estimate of drug-likeness (QED) is 0.173. The first kappa shape index (κ1) is 26.6. The third-order valence-corrected chi connectivity index (χ3v) is 5.80. The molecule has 0 saturated heterocycles. The van der Waals surface area contributed by atoms with Crippen LogP contribution in [0.15, 0.2) is 85.7 Å². The van der Waals surface area contributed by atoms with Crippen molar-refractivity contribution in [3.8, 4) is 11.5 Å². The Kier molecular flexibility index (Phi) is 9.26. The summed E-state index contributed by atoms with van der Waals surface area (Å²) in [6, 6.07) is 21.4. The number of ether oxygens (including phenoxy) is 2. The molecule has 0 aliphatic carbocycles. The Labute approximate surface area is 223 Å². The highest BCUT2D eigenvalue weighted by Gasteiger charge is 2.13. The fraction of sp³-hybridized carbons (Fsp3) is 0.233. The van der Waals surface area contributed by atoms with E-state index in [1.54, 1.807) is 0 Å². The lowest BCUT2D eigenvalue weighted by Crippen LogP contribution is -2.14. The highest BCUT2D eigenvalue weighted by Crippen LogP contribution is 2.33. The lowest BCUT2D eigenvalue weighted by molar-refractivity contribution is -0.111. The Bertz CT molecular complexity index is 1360. The monoisotopic (exact) mass is 511 g/mol. The maximum atomic E-state index is 12.1. The Morgan fingerprint density at radius 3 is 2.53 bits per heavy atom. The highest BCUT2D eigenvalue weighted by molar-refractivity contribution is 6.03. The van der Waals surface area contributed by atoms with E-state index in [0.717, 1.165) is 41.8 Å². The molecule has 0 bridgehead atoms. The minimum Gasteiger partial charge on any atom is -0.491 e. The third kappa shape index (κ3) is 7.54. The van der Waals surface area contributed by atoms with Crippen molar-refractivity contribution in [2.45, 2.75) is 19.4 Å². The maximum absolute atomic E-state index is 12.1. The number of carbonyl (C=O) groups excluding carboxylic acids is 1. The normalized spacial score (nSPS) is 10.8. The van der Waals surface area contributed by atoms with Gasteiger partial charge in [0.05, 0.1) is 17.8 Å². The molecule has 8 nitrogen and oxygen atoms in total. The number of carbonyl (C=O) groups is 1. The molecule has 1 heterocycles. The maximum Gasteiger partial charge on any atom is 0.247 e. The van der Waals surface area contributed by atoms with Gasteiger partial charge in [-0.1, -0.05) is 36.9 Å². The van der Waals surface area contributed by atoms with Gasteiger partial charge in [-0.15, -0.1) is 0 Å². The van der Waals surface area contributed by atoms with E-state index in [0.29, 0.717) is 36.0 Å². The van der Waals surface area contributed by atoms with Crippen LogP contribution >= 0.6 is 0 Å². The molecule has 196 valence electrons. The summed E-state index contributed by atoms with van der Waals surface area (Å²) in [7, 11) is 4.10. The minimum absolute atomic E-state index is 0.320. The Morgan fingerprint density at radius 1 is 1.00 bits per heavy atom. The molecule has 4 aromatic rings. The highest BCUT2D eigenvalue weighted by atomic mass is 16.5. The lowest BCUT2D eigenvalue weighted by Gasteiger charge is -2.15. The zero-order valence-corrected chi connectivity index (χ0v) is 21.8. The van der Waals surface area contributed by atoms with E-state index in [9.17, 15) is 4.79 Å². The van der Waals surface area contributed by atoms with Crippen LogP contribution in [0.25, 0.3) is 10.9 Å². The van der Waals surface area contributed by atoms with Crippen LogP contribution in [0, 0.1) is 0 Å². The number of nitrogens with one attached hydrogen (secondary N) is 2. The molecule has 0 fully saturated rings. The van der Waals surface area contributed by atoms with Crippen molar-refractivity contribution in [3.05, 3.63) is 91.3 Å². The summed E-state index contributed by atoms with van der Waals surface area (Å²) in [6.45, 7) is 5.58.